The summed E-state index contributed by atoms with van der Waals surface area (Å²) in [5.41, 5.74) is 7.29. The predicted octanol–water partition coefficient (Wildman–Crippen LogP) is 2.77. The van der Waals surface area contributed by atoms with Gasteiger partial charge in [-0.2, -0.15) is 0 Å². The van der Waals surface area contributed by atoms with Crippen molar-refractivity contribution in [1.82, 2.24) is 9.55 Å². The van der Waals surface area contributed by atoms with Gasteiger partial charge in [0, 0.05) is 5.56 Å². The van der Waals surface area contributed by atoms with Gasteiger partial charge >= 0.3 is 5.97 Å². The lowest BCUT2D eigenvalue weighted by molar-refractivity contribution is 0.0521. The first-order chi connectivity index (χ1) is 9.86. The molecule has 1 unspecified atom stereocenters. The number of furan rings is 1. The van der Waals surface area contributed by atoms with Crippen LogP contribution in [0.1, 0.15) is 53.3 Å². The van der Waals surface area contributed by atoms with E-state index in [9.17, 15) is 4.79 Å². The number of carbonyl (C=O) groups excluding carboxylic acids is 1. The minimum absolute atomic E-state index is 0.0712. The van der Waals surface area contributed by atoms with Gasteiger partial charge in [0.05, 0.1) is 12.6 Å². The van der Waals surface area contributed by atoms with Gasteiger partial charge < -0.3 is 19.5 Å². The number of nitrogens with two attached hydrogens (primary N) is 1. The maximum atomic E-state index is 11.9. The molecule has 6 heteroatoms. The van der Waals surface area contributed by atoms with Gasteiger partial charge in [-0.05, 0) is 40.7 Å². The van der Waals surface area contributed by atoms with Gasteiger partial charge in [0.2, 0.25) is 0 Å². The highest BCUT2D eigenvalue weighted by molar-refractivity contribution is 5.92. The third-order valence-corrected chi connectivity index (χ3v) is 3.51. The van der Waals surface area contributed by atoms with E-state index in [-0.39, 0.29) is 11.7 Å². The number of nitrogens with zero attached hydrogens (tertiary/aromatic N) is 2. The molecule has 0 saturated heterocycles. The highest BCUT2D eigenvalue weighted by atomic mass is 16.5. The van der Waals surface area contributed by atoms with Crippen molar-refractivity contribution >= 4 is 11.8 Å². The van der Waals surface area contributed by atoms with Gasteiger partial charge in [-0.25, -0.2) is 9.78 Å². The van der Waals surface area contributed by atoms with E-state index < -0.39 is 5.97 Å². The lowest BCUT2D eigenvalue weighted by Gasteiger charge is -2.16. The minimum Gasteiger partial charge on any atom is -0.466 e. The highest BCUT2D eigenvalue weighted by Gasteiger charge is 2.24. The average molecular weight is 291 g/mol. The molecule has 0 aliphatic rings. The molecule has 2 heterocycles. The first-order valence-corrected chi connectivity index (χ1v) is 6.95. The second kappa shape index (κ2) is 5.63. The second-order valence-corrected chi connectivity index (χ2v) is 5.03. The number of nitrogen functional groups attached to an aromatic ring is 1. The van der Waals surface area contributed by atoms with Gasteiger partial charge in [0.25, 0.3) is 0 Å². The van der Waals surface area contributed by atoms with E-state index in [1.807, 2.05) is 38.3 Å². The summed E-state index contributed by atoms with van der Waals surface area (Å²) in [6.45, 7) is 9.66. The molecule has 0 aliphatic carbocycles. The quantitative estimate of drug-likeness (QED) is 0.876. The van der Waals surface area contributed by atoms with Crippen molar-refractivity contribution in [3.63, 3.8) is 0 Å². The molecule has 0 saturated carbocycles. The van der Waals surface area contributed by atoms with Gasteiger partial charge in [-0.1, -0.05) is 0 Å². The number of aromatic nitrogens is 2. The molecule has 2 aromatic heterocycles. The van der Waals surface area contributed by atoms with E-state index in [2.05, 4.69) is 4.98 Å². The Kier molecular flexibility index (Phi) is 4.06. The molecule has 1 atom stereocenters. The molecule has 2 aromatic rings. The molecule has 0 radical (unpaired) electrons. The number of imidazole rings is 1. The van der Waals surface area contributed by atoms with Crippen molar-refractivity contribution < 1.29 is 13.9 Å². The Morgan fingerprint density at radius 1 is 1.48 bits per heavy atom. The molecular weight excluding hydrogens is 270 g/mol. The van der Waals surface area contributed by atoms with E-state index in [4.69, 9.17) is 14.9 Å². The van der Waals surface area contributed by atoms with Crippen LogP contribution in [0.4, 0.5) is 5.82 Å². The van der Waals surface area contributed by atoms with Crippen molar-refractivity contribution in [2.45, 2.75) is 40.7 Å². The number of esters is 1. The van der Waals surface area contributed by atoms with Gasteiger partial charge in [-0.3, -0.25) is 0 Å². The van der Waals surface area contributed by atoms with Gasteiger partial charge in [-0.15, -0.1) is 0 Å². The summed E-state index contributed by atoms with van der Waals surface area (Å²) in [5, 5.41) is 0. The summed E-state index contributed by atoms with van der Waals surface area (Å²) in [6, 6.07) is 1.90. The largest absolute Gasteiger partial charge is 0.466 e. The van der Waals surface area contributed by atoms with Crippen molar-refractivity contribution in [2.24, 2.45) is 0 Å². The van der Waals surface area contributed by atoms with Crippen molar-refractivity contribution in [3.05, 3.63) is 34.7 Å². The van der Waals surface area contributed by atoms with Crippen LogP contribution in [-0.4, -0.2) is 22.1 Å². The lowest BCUT2D eigenvalue weighted by atomic mass is 10.1. The Balaban J connectivity index is 2.45. The van der Waals surface area contributed by atoms with E-state index in [1.54, 1.807) is 6.92 Å². The van der Waals surface area contributed by atoms with Crippen LogP contribution in [0.25, 0.3) is 0 Å². The standard InChI is InChI=1S/C15H21N3O3/c1-6-20-15(19)13-14(16)18(11(5)17-13)9(3)12-7-8(2)21-10(12)4/h7,9H,6,16H2,1-5H3. The molecule has 0 amide bonds. The summed E-state index contributed by atoms with van der Waals surface area (Å²) in [7, 11) is 0. The maximum absolute atomic E-state index is 11.9. The zero-order chi connectivity index (χ0) is 15.7. The van der Waals surface area contributed by atoms with Crippen LogP contribution < -0.4 is 5.73 Å². The van der Waals surface area contributed by atoms with Gasteiger partial charge in [0.15, 0.2) is 5.69 Å². The van der Waals surface area contributed by atoms with Crippen LogP contribution in [0.15, 0.2) is 10.5 Å². The van der Waals surface area contributed by atoms with Crippen LogP contribution >= 0.6 is 0 Å². The monoisotopic (exact) mass is 291 g/mol. The summed E-state index contributed by atoms with van der Waals surface area (Å²) >= 11 is 0. The molecule has 2 N–H and O–H groups in total. The Morgan fingerprint density at radius 3 is 2.67 bits per heavy atom. The fourth-order valence-electron chi connectivity index (χ4n) is 2.60. The molecule has 0 aromatic carbocycles. The van der Waals surface area contributed by atoms with Crippen molar-refractivity contribution in [2.75, 3.05) is 12.3 Å². The molecule has 114 valence electrons. The number of hydrogen-bond acceptors (Lipinski definition) is 5. The number of carbonyl (C=O) groups is 1. The smallest absolute Gasteiger partial charge is 0.360 e. The first kappa shape index (κ1) is 15.2. The maximum Gasteiger partial charge on any atom is 0.360 e. The Labute approximate surface area is 123 Å². The summed E-state index contributed by atoms with van der Waals surface area (Å²) in [4.78, 5) is 16.1. The molecule has 0 spiro atoms. The zero-order valence-corrected chi connectivity index (χ0v) is 13.1. The first-order valence-electron chi connectivity index (χ1n) is 6.95. The normalized spacial score (nSPS) is 12.4. The number of rotatable bonds is 4. The second-order valence-electron chi connectivity index (χ2n) is 5.03. The highest BCUT2D eigenvalue weighted by Crippen LogP contribution is 2.29. The third-order valence-electron chi connectivity index (χ3n) is 3.51. The van der Waals surface area contributed by atoms with E-state index in [0.29, 0.717) is 18.2 Å². The van der Waals surface area contributed by atoms with Crippen LogP contribution in [0.3, 0.4) is 0 Å². The van der Waals surface area contributed by atoms with Gasteiger partial charge in [0.1, 0.15) is 23.2 Å². The summed E-state index contributed by atoms with van der Waals surface area (Å²) in [6.07, 6.45) is 0. The molecular formula is C15H21N3O3. The number of hydrogen-bond donors (Lipinski definition) is 1. The molecule has 2 rings (SSSR count). The third kappa shape index (κ3) is 2.66. The van der Waals surface area contributed by atoms with Crippen molar-refractivity contribution in [3.8, 4) is 0 Å². The van der Waals surface area contributed by atoms with E-state index in [1.165, 1.54) is 0 Å². The summed E-state index contributed by atoms with van der Waals surface area (Å²) in [5.74, 6) is 2.17. The zero-order valence-electron chi connectivity index (χ0n) is 13.1. The Morgan fingerprint density at radius 2 is 2.14 bits per heavy atom. The van der Waals surface area contributed by atoms with E-state index in [0.717, 1.165) is 17.1 Å². The van der Waals surface area contributed by atoms with Crippen molar-refractivity contribution in [1.29, 1.82) is 0 Å². The predicted molar refractivity (Wildman–Crippen MR) is 79.3 cm³/mol. The summed E-state index contributed by atoms with van der Waals surface area (Å²) < 4.78 is 12.4. The van der Waals surface area contributed by atoms with Crippen LogP contribution in [0.2, 0.25) is 0 Å². The average Bonchev–Trinajstić information content (AvgIpc) is 2.89. The number of ether oxygens (including phenoxy) is 1. The Bertz CT molecular complexity index is 670. The molecule has 21 heavy (non-hydrogen) atoms. The minimum atomic E-state index is -0.496. The molecule has 0 bridgehead atoms. The lowest BCUT2D eigenvalue weighted by Crippen LogP contribution is -2.14. The fourth-order valence-corrected chi connectivity index (χ4v) is 2.60. The molecule has 6 nitrogen and oxygen atoms in total. The van der Waals surface area contributed by atoms with E-state index >= 15 is 0 Å². The number of anilines is 1. The van der Waals surface area contributed by atoms with Crippen LogP contribution in [-0.2, 0) is 4.74 Å². The number of aryl methyl sites for hydroxylation is 3. The van der Waals surface area contributed by atoms with Crippen LogP contribution in [0, 0.1) is 20.8 Å². The topological polar surface area (TPSA) is 83.3 Å². The fraction of sp³-hybridized carbons (Fsp3) is 0.467. The molecule has 0 fully saturated rings. The molecule has 0 aliphatic heterocycles. The SMILES string of the molecule is CCOC(=O)c1nc(C)n(C(C)c2cc(C)oc2C)c1N. The van der Waals surface area contributed by atoms with Crippen LogP contribution in [0.5, 0.6) is 0 Å². The Hall–Kier alpha value is -2.24.